The molecular formula is C26H32N2O7. The number of fused-ring (bicyclic) bond motifs is 3. The lowest BCUT2D eigenvalue weighted by molar-refractivity contribution is -0.154. The van der Waals surface area contributed by atoms with E-state index >= 15 is 0 Å². The third-order valence-electron chi connectivity index (χ3n) is 7.91. The number of likely N-dealkylation sites (N-methyl/N-ethyl adjacent to an activating group) is 1. The van der Waals surface area contributed by atoms with Gasteiger partial charge in [-0.1, -0.05) is 33.8 Å². The van der Waals surface area contributed by atoms with Crippen LogP contribution in [0.4, 0.5) is 0 Å². The Morgan fingerprint density at radius 2 is 1.80 bits per heavy atom. The van der Waals surface area contributed by atoms with E-state index in [1.54, 1.807) is 11.0 Å². The van der Waals surface area contributed by atoms with Gasteiger partial charge in [0.2, 0.25) is 5.78 Å². The number of phenols is 1. The molecule has 35 heavy (non-hydrogen) atoms. The van der Waals surface area contributed by atoms with Crippen molar-refractivity contribution in [2.24, 2.45) is 17.6 Å². The summed E-state index contributed by atoms with van der Waals surface area (Å²) in [6.45, 7) is 8.39. The average molecular weight is 485 g/mol. The highest BCUT2D eigenvalue weighted by atomic mass is 16.3. The number of ketones is 2. The van der Waals surface area contributed by atoms with Crippen molar-refractivity contribution in [3.05, 3.63) is 45.7 Å². The van der Waals surface area contributed by atoms with Crippen LogP contribution in [0.25, 0.3) is 5.76 Å². The number of hydrogen-bond donors (Lipinski definition) is 5. The lowest BCUT2D eigenvalue weighted by Crippen LogP contribution is -2.66. The molecule has 0 bridgehead atoms. The Balaban J connectivity index is 1.99. The van der Waals surface area contributed by atoms with Crippen molar-refractivity contribution in [2.75, 3.05) is 13.1 Å². The minimum atomic E-state index is -2.62. The topological polar surface area (TPSA) is 161 Å². The molecule has 0 aromatic heterocycles. The van der Waals surface area contributed by atoms with E-state index in [1.807, 2.05) is 27.7 Å². The lowest BCUT2D eigenvalue weighted by Gasteiger charge is -2.51. The molecule has 9 heteroatoms. The van der Waals surface area contributed by atoms with E-state index in [0.29, 0.717) is 25.1 Å². The van der Waals surface area contributed by atoms with Gasteiger partial charge in [-0.2, -0.15) is 0 Å². The Kier molecular flexibility index (Phi) is 6.05. The van der Waals surface area contributed by atoms with E-state index in [9.17, 15) is 34.8 Å². The number of hydrogen-bond acceptors (Lipinski definition) is 8. The number of Topliss-reactive ketones (excluding diaryl/α,β-unsaturated/α-hetero) is 2. The first kappa shape index (κ1) is 24.9. The fourth-order valence-electron chi connectivity index (χ4n) is 6.25. The molecule has 0 unspecified atom stereocenters. The number of rotatable bonds is 5. The number of carbonyl (C=O) groups excluding carboxylic acids is 3. The van der Waals surface area contributed by atoms with Crippen molar-refractivity contribution in [3.8, 4) is 5.75 Å². The van der Waals surface area contributed by atoms with Crippen LogP contribution in [-0.4, -0.2) is 67.5 Å². The second kappa shape index (κ2) is 8.49. The summed E-state index contributed by atoms with van der Waals surface area (Å²) in [5.41, 5.74) is 3.60. The van der Waals surface area contributed by atoms with Gasteiger partial charge in [-0.3, -0.25) is 19.3 Å². The molecule has 188 valence electrons. The number of nitrogens with zero attached hydrogens (tertiary/aromatic N) is 1. The number of aliphatic hydroxyl groups is 3. The number of benzene rings is 1. The number of aromatic hydroxyl groups is 1. The summed E-state index contributed by atoms with van der Waals surface area (Å²) in [5, 5.41) is 44.4. The fraction of sp³-hybridized carbons (Fsp3) is 0.500. The van der Waals surface area contributed by atoms with Gasteiger partial charge in [-0.15, -0.1) is 0 Å². The summed E-state index contributed by atoms with van der Waals surface area (Å²) in [4.78, 5) is 41.1. The summed E-state index contributed by atoms with van der Waals surface area (Å²) in [7, 11) is 0. The molecule has 0 radical (unpaired) electrons. The minimum Gasteiger partial charge on any atom is -0.508 e. The molecule has 6 N–H and O–H groups in total. The van der Waals surface area contributed by atoms with Crippen molar-refractivity contribution in [3.63, 3.8) is 0 Å². The van der Waals surface area contributed by atoms with E-state index in [2.05, 4.69) is 0 Å². The van der Waals surface area contributed by atoms with E-state index in [4.69, 9.17) is 5.73 Å². The van der Waals surface area contributed by atoms with Crippen LogP contribution in [0.5, 0.6) is 5.75 Å². The molecule has 4 atom stereocenters. The molecule has 1 fully saturated rings. The first-order valence-corrected chi connectivity index (χ1v) is 12.0. The van der Waals surface area contributed by atoms with Crippen LogP contribution in [0.2, 0.25) is 0 Å². The lowest BCUT2D eigenvalue weighted by atomic mass is 9.57. The van der Waals surface area contributed by atoms with Crippen LogP contribution >= 0.6 is 0 Å². The Morgan fingerprint density at radius 1 is 1.17 bits per heavy atom. The summed E-state index contributed by atoms with van der Waals surface area (Å²) in [6, 6.07) is 2.18. The SMILES string of the molecule is CCN(CC)[C@H]1C(=O)C(C(N)=O)=C(O)[C@@]2(O)C(=O)C3=C(O)c4c(O)ccc(C(C)C)c4C[C@H]3C[C@@H]12. The largest absolute Gasteiger partial charge is 0.508 e. The van der Waals surface area contributed by atoms with Gasteiger partial charge in [0.15, 0.2) is 11.4 Å². The van der Waals surface area contributed by atoms with Crippen LogP contribution in [0, 0.1) is 11.8 Å². The zero-order chi connectivity index (χ0) is 26.0. The monoisotopic (exact) mass is 484 g/mol. The maximum Gasteiger partial charge on any atom is 0.255 e. The Hall–Kier alpha value is -3.17. The van der Waals surface area contributed by atoms with Crippen molar-refractivity contribution < 1.29 is 34.8 Å². The highest BCUT2D eigenvalue weighted by Gasteiger charge is 2.64. The Labute approximate surface area is 203 Å². The maximum atomic E-state index is 13.9. The highest BCUT2D eigenvalue weighted by Crippen LogP contribution is 2.53. The molecule has 1 aromatic rings. The predicted molar refractivity (Wildman–Crippen MR) is 128 cm³/mol. The summed E-state index contributed by atoms with van der Waals surface area (Å²) in [5.74, 6) is -6.23. The Morgan fingerprint density at radius 3 is 2.34 bits per heavy atom. The van der Waals surface area contributed by atoms with Crippen LogP contribution in [0.3, 0.4) is 0 Å². The van der Waals surface area contributed by atoms with Gasteiger partial charge in [0.05, 0.1) is 11.6 Å². The molecule has 0 saturated heterocycles. The zero-order valence-electron chi connectivity index (χ0n) is 20.3. The van der Waals surface area contributed by atoms with Gasteiger partial charge in [0.25, 0.3) is 5.91 Å². The predicted octanol–water partition coefficient (Wildman–Crippen LogP) is 1.87. The minimum absolute atomic E-state index is 0.0831. The molecule has 0 heterocycles. The molecule has 0 spiro atoms. The Bertz CT molecular complexity index is 1190. The normalized spacial score (nSPS) is 28.4. The molecule has 1 amide bonds. The molecule has 4 rings (SSSR count). The van der Waals surface area contributed by atoms with Gasteiger partial charge in [-0.25, -0.2) is 0 Å². The second-order valence-corrected chi connectivity index (χ2v) is 9.90. The molecule has 3 aliphatic carbocycles. The van der Waals surface area contributed by atoms with Crippen molar-refractivity contribution in [2.45, 2.75) is 58.1 Å². The van der Waals surface area contributed by atoms with Crippen molar-refractivity contribution in [1.82, 2.24) is 4.90 Å². The number of nitrogens with two attached hydrogens (primary N) is 1. The van der Waals surface area contributed by atoms with Gasteiger partial charge in [0, 0.05) is 11.5 Å². The second-order valence-electron chi connectivity index (χ2n) is 9.90. The van der Waals surface area contributed by atoms with Gasteiger partial charge in [0.1, 0.15) is 22.8 Å². The molecule has 0 aliphatic heterocycles. The van der Waals surface area contributed by atoms with E-state index < -0.39 is 58.0 Å². The van der Waals surface area contributed by atoms with Crippen LogP contribution in [0.15, 0.2) is 29.0 Å². The van der Waals surface area contributed by atoms with E-state index in [1.165, 1.54) is 6.07 Å². The zero-order valence-corrected chi connectivity index (χ0v) is 20.3. The van der Waals surface area contributed by atoms with Crippen LogP contribution in [-0.2, 0) is 20.8 Å². The standard InChI is InChI=1S/C26H32N2O7/c1-5-28(6-2)20-15-10-12-9-14-13(11(3)4)7-8-16(29)18(14)21(30)17(12)23(32)26(15,35)24(33)19(22(20)31)25(27)34/h7-8,11-12,15,20,29-30,33,35H,5-6,9-10H2,1-4H3,(H2,27,34)/t12-,15-,20+,26-/m0/s1. The summed E-state index contributed by atoms with van der Waals surface area (Å²) in [6.07, 6.45) is 0.401. The van der Waals surface area contributed by atoms with E-state index in [0.717, 1.165) is 5.56 Å². The number of carbonyl (C=O) groups is 3. The van der Waals surface area contributed by atoms with Gasteiger partial charge >= 0.3 is 0 Å². The third-order valence-corrected chi connectivity index (χ3v) is 7.91. The highest BCUT2D eigenvalue weighted by molar-refractivity contribution is 6.24. The summed E-state index contributed by atoms with van der Waals surface area (Å²) >= 11 is 0. The van der Waals surface area contributed by atoms with Crippen molar-refractivity contribution in [1.29, 1.82) is 0 Å². The molecule has 1 saturated carbocycles. The van der Waals surface area contributed by atoms with Crippen LogP contribution < -0.4 is 5.73 Å². The van der Waals surface area contributed by atoms with Gasteiger partial charge < -0.3 is 26.2 Å². The fourth-order valence-corrected chi connectivity index (χ4v) is 6.25. The van der Waals surface area contributed by atoms with Gasteiger partial charge in [-0.05, 0) is 55.0 Å². The quantitative estimate of drug-likeness (QED) is 0.396. The molecule has 9 nitrogen and oxygen atoms in total. The number of amides is 1. The van der Waals surface area contributed by atoms with Crippen LogP contribution in [0.1, 0.15) is 56.7 Å². The number of aliphatic hydroxyl groups excluding tert-OH is 2. The average Bonchev–Trinajstić information content (AvgIpc) is 2.78. The van der Waals surface area contributed by atoms with E-state index in [-0.39, 0.29) is 29.2 Å². The first-order chi connectivity index (χ1) is 16.4. The number of phenolic OH excluding ortho intramolecular Hbond substituents is 1. The maximum absolute atomic E-state index is 13.9. The first-order valence-electron chi connectivity index (χ1n) is 12.0. The molecule has 1 aromatic carbocycles. The van der Waals surface area contributed by atoms with Crippen molar-refractivity contribution >= 4 is 23.2 Å². The smallest absolute Gasteiger partial charge is 0.255 e. The summed E-state index contributed by atoms with van der Waals surface area (Å²) < 4.78 is 0. The molecule has 3 aliphatic rings. The number of primary amides is 1. The third kappa shape index (κ3) is 3.32. The molecular weight excluding hydrogens is 452 g/mol.